The minimum absolute atomic E-state index is 0.00806. The molecule has 0 heterocycles. The Balaban J connectivity index is 2.01. The van der Waals surface area contributed by atoms with E-state index in [0.717, 1.165) is 4.90 Å². The Labute approximate surface area is 138 Å². The highest BCUT2D eigenvalue weighted by Gasteiger charge is 2.18. The number of amides is 1. The Morgan fingerprint density at radius 1 is 1.22 bits per heavy atom. The number of non-ortho nitro benzene ring substituents is 1. The average molecular weight is 331 g/mol. The van der Waals surface area contributed by atoms with E-state index in [4.69, 9.17) is 5.73 Å². The first-order valence-electron chi connectivity index (χ1n) is 7.07. The standard InChI is InChI=1S/C16H17N3O3S/c1-2-15(23-14-9-3-11(17)4-10-14)16(20)18-12-5-7-13(8-6-12)19(21)22/h3-10,15H,2,17H2,1H3,(H,18,20). The Kier molecular flexibility index (Phi) is 5.59. The van der Waals surface area contributed by atoms with Crippen molar-refractivity contribution in [2.24, 2.45) is 0 Å². The highest BCUT2D eigenvalue weighted by molar-refractivity contribution is 8.00. The first kappa shape index (κ1) is 16.8. The lowest BCUT2D eigenvalue weighted by atomic mass is 10.2. The highest BCUT2D eigenvalue weighted by atomic mass is 32.2. The van der Waals surface area contributed by atoms with Crippen LogP contribution in [0.2, 0.25) is 0 Å². The number of nitrogens with zero attached hydrogens (tertiary/aromatic N) is 1. The number of carbonyl (C=O) groups excluding carboxylic acids is 1. The molecule has 6 nitrogen and oxygen atoms in total. The van der Waals surface area contributed by atoms with Gasteiger partial charge in [0.2, 0.25) is 5.91 Å². The van der Waals surface area contributed by atoms with E-state index in [0.29, 0.717) is 17.8 Å². The second-order valence-corrected chi connectivity index (χ2v) is 6.15. The molecule has 2 aromatic carbocycles. The van der Waals surface area contributed by atoms with E-state index in [1.807, 2.05) is 19.1 Å². The van der Waals surface area contributed by atoms with Gasteiger partial charge in [-0.3, -0.25) is 14.9 Å². The summed E-state index contributed by atoms with van der Waals surface area (Å²) >= 11 is 1.46. The molecule has 1 amide bonds. The molecule has 2 aromatic rings. The molecule has 1 atom stereocenters. The summed E-state index contributed by atoms with van der Waals surface area (Å²) in [6, 6.07) is 13.1. The number of nitro benzene ring substituents is 1. The lowest BCUT2D eigenvalue weighted by molar-refractivity contribution is -0.384. The zero-order chi connectivity index (χ0) is 16.8. The Morgan fingerprint density at radius 2 is 1.83 bits per heavy atom. The van der Waals surface area contributed by atoms with Crippen LogP contribution in [0.5, 0.6) is 0 Å². The monoisotopic (exact) mass is 331 g/mol. The molecule has 1 unspecified atom stereocenters. The summed E-state index contributed by atoms with van der Waals surface area (Å²) in [6.07, 6.45) is 0.661. The number of thioether (sulfide) groups is 1. The third kappa shape index (κ3) is 4.72. The SMILES string of the molecule is CCC(Sc1ccc(N)cc1)C(=O)Nc1ccc([N+](=O)[O-])cc1. The van der Waals surface area contributed by atoms with Crippen molar-refractivity contribution in [1.82, 2.24) is 0 Å². The number of nitrogens with one attached hydrogen (secondary N) is 1. The predicted molar refractivity (Wildman–Crippen MR) is 92.5 cm³/mol. The van der Waals surface area contributed by atoms with Crippen LogP contribution in [-0.2, 0) is 4.79 Å². The van der Waals surface area contributed by atoms with E-state index in [-0.39, 0.29) is 16.8 Å². The van der Waals surface area contributed by atoms with E-state index >= 15 is 0 Å². The van der Waals surface area contributed by atoms with Gasteiger partial charge in [-0.2, -0.15) is 0 Å². The smallest absolute Gasteiger partial charge is 0.269 e. The minimum Gasteiger partial charge on any atom is -0.399 e. The quantitative estimate of drug-likeness (QED) is 0.364. The van der Waals surface area contributed by atoms with E-state index in [2.05, 4.69) is 5.32 Å². The number of rotatable bonds is 6. The van der Waals surface area contributed by atoms with Crippen molar-refractivity contribution < 1.29 is 9.72 Å². The molecule has 0 aliphatic heterocycles. The van der Waals surface area contributed by atoms with Crippen LogP contribution in [0, 0.1) is 10.1 Å². The molecule has 0 aliphatic carbocycles. The van der Waals surface area contributed by atoms with Crippen LogP contribution < -0.4 is 11.1 Å². The topological polar surface area (TPSA) is 98.3 Å². The molecular formula is C16H17N3O3S. The zero-order valence-electron chi connectivity index (χ0n) is 12.6. The Morgan fingerprint density at radius 3 is 2.35 bits per heavy atom. The molecule has 0 spiro atoms. The van der Waals surface area contributed by atoms with Crippen molar-refractivity contribution in [3.05, 3.63) is 58.6 Å². The fourth-order valence-corrected chi connectivity index (χ4v) is 2.88. The largest absolute Gasteiger partial charge is 0.399 e. The number of nitrogen functional groups attached to an aromatic ring is 1. The molecule has 0 saturated heterocycles. The van der Waals surface area contributed by atoms with E-state index in [1.165, 1.54) is 36.0 Å². The van der Waals surface area contributed by atoms with Crippen LogP contribution in [-0.4, -0.2) is 16.1 Å². The first-order chi connectivity index (χ1) is 11.0. The molecule has 0 aromatic heterocycles. The van der Waals surface area contributed by atoms with Crippen molar-refractivity contribution >= 4 is 34.7 Å². The molecule has 120 valence electrons. The van der Waals surface area contributed by atoms with Gasteiger partial charge < -0.3 is 11.1 Å². The molecule has 23 heavy (non-hydrogen) atoms. The first-order valence-corrected chi connectivity index (χ1v) is 7.95. The van der Waals surface area contributed by atoms with Crippen molar-refractivity contribution in [2.45, 2.75) is 23.5 Å². The van der Waals surface area contributed by atoms with Gasteiger partial charge in [0.1, 0.15) is 0 Å². The molecule has 0 saturated carbocycles. The predicted octanol–water partition coefficient (Wildman–Crippen LogP) is 3.69. The minimum atomic E-state index is -0.475. The van der Waals surface area contributed by atoms with Gasteiger partial charge in [-0.25, -0.2) is 0 Å². The number of hydrogen-bond acceptors (Lipinski definition) is 5. The third-order valence-electron chi connectivity index (χ3n) is 3.17. The van der Waals surface area contributed by atoms with Gasteiger partial charge in [-0.1, -0.05) is 6.92 Å². The Hall–Kier alpha value is -2.54. The molecule has 7 heteroatoms. The summed E-state index contributed by atoms with van der Waals surface area (Å²) in [4.78, 5) is 23.5. The summed E-state index contributed by atoms with van der Waals surface area (Å²) in [7, 11) is 0. The van der Waals surface area contributed by atoms with Crippen LogP contribution >= 0.6 is 11.8 Å². The molecular weight excluding hydrogens is 314 g/mol. The van der Waals surface area contributed by atoms with Gasteiger partial charge >= 0.3 is 0 Å². The number of anilines is 2. The van der Waals surface area contributed by atoms with Crippen molar-refractivity contribution in [2.75, 3.05) is 11.1 Å². The lowest BCUT2D eigenvalue weighted by Gasteiger charge is -2.14. The van der Waals surface area contributed by atoms with E-state index < -0.39 is 4.92 Å². The van der Waals surface area contributed by atoms with Gasteiger partial charge in [0.15, 0.2) is 0 Å². The second kappa shape index (κ2) is 7.64. The maximum Gasteiger partial charge on any atom is 0.269 e. The Bertz CT molecular complexity index is 687. The second-order valence-electron chi connectivity index (χ2n) is 4.88. The van der Waals surface area contributed by atoms with Crippen molar-refractivity contribution in [3.8, 4) is 0 Å². The number of hydrogen-bond donors (Lipinski definition) is 2. The molecule has 0 aliphatic rings. The fraction of sp³-hybridized carbons (Fsp3) is 0.188. The number of benzene rings is 2. The van der Waals surface area contributed by atoms with E-state index in [9.17, 15) is 14.9 Å². The fourth-order valence-electron chi connectivity index (χ4n) is 1.92. The summed E-state index contributed by atoms with van der Waals surface area (Å²) in [6.45, 7) is 1.93. The van der Waals surface area contributed by atoms with Gasteiger partial charge in [-0.05, 0) is 42.8 Å². The lowest BCUT2D eigenvalue weighted by Crippen LogP contribution is -2.24. The summed E-state index contributed by atoms with van der Waals surface area (Å²) in [5, 5.41) is 13.2. The highest BCUT2D eigenvalue weighted by Crippen LogP contribution is 2.27. The molecule has 2 rings (SSSR count). The van der Waals surface area contributed by atoms with E-state index in [1.54, 1.807) is 12.1 Å². The maximum atomic E-state index is 12.3. The van der Waals surface area contributed by atoms with Crippen LogP contribution in [0.15, 0.2) is 53.4 Å². The van der Waals surface area contributed by atoms with Crippen molar-refractivity contribution in [3.63, 3.8) is 0 Å². The average Bonchev–Trinajstić information content (AvgIpc) is 2.54. The third-order valence-corrected chi connectivity index (χ3v) is 4.54. The molecule has 0 radical (unpaired) electrons. The van der Waals surface area contributed by atoms with Gasteiger partial charge in [0.25, 0.3) is 5.69 Å². The maximum absolute atomic E-state index is 12.3. The summed E-state index contributed by atoms with van der Waals surface area (Å²) < 4.78 is 0. The van der Waals surface area contributed by atoms with Crippen LogP contribution in [0.4, 0.5) is 17.1 Å². The van der Waals surface area contributed by atoms with Gasteiger partial charge in [-0.15, -0.1) is 11.8 Å². The zero-order valence-corrected chi connectivity index (χ0v) is 13.4. The van der Waals surface area contributed by atoms with Crippen LogP contribution in [0.25, 0.3) is 0 Å². The molecule has 0 bridgehead atoms. The van der Waals surface area contributed by atoms with Crippen LogP contribution in [0.1, 0.15) is 13.3 Å². The number of carbonyl (C=O) groups is 1. The van der Waals surface area contributed by atoms with Crippen LogP contribution in [0.3, 0.4) is 0 Å². The summed E-state index contributed by atoms with van der Waals surface area (Å²) in [5.74, 6) is -0.136. The molecule has 0 fully saturated rings. The number of nitrogens with two attached hydrogens (primary N) is 1. The normalized spacial score (nSPS) is 11.7. The number of nitro groups is 1. The summed E-state index contributed by atoms with van der Waals surface area (Å²) in [5.41, 5.74) is 6.86. The van der Waals surface area contributed by atoms with Gasteiger partial charge in [0.05, 0.1) is 10.2 Å². The van der Waals surface area contributed by atoms with Gasteiger partial charge in [0, 0.05) is 28.4 Å². The molecule has 3 N–H and O–H groups in total. The van der Waals surface area contributed by atoms with Crippen molar-refractivity contribution in [1.29, 1.82) is 0 Å².